The molecule has 0 atom stereocenters. The van der Waals surface area contributed by atoms with Crippen LogP contribution < -0.4 is 0 Å². The normalized spacial score (nSPS) is 9.62. The average Bonchev–Trinajstić information content (AvgIpc) is 2.61. The minimum absolute atomic E-state index is 0.220. The molecule has 0 amide bonds. The molecule has 0 aliphatic heterocycles. The second kappa shape index (κ2) is 4.34. The van der Waals surface area contributed by atoms with Crippen molar-refractivity contribution < 1.29 is 14.3 Å². The van der Waals surface area contributed by atoms with Gasteiger partial charge < -0.3 is 4.74 Å². The number of methoxy groups -OCH3 is 1. The summed E-state index contributed by atoms with van der Waals surface area (Å²) in [6.45, 7) is 0.369. The Balaban J connectivity index is 2.45. The molecule has 0 N–H and O–H groups in total. The molecular weight excluding hydrogens is 174 g/mol. The molecule has 6 heteroatoms. The Kier molecular flexibility index (Phi) is 3.13. The first-order valence-electron chi connectivity index (χ1n) is 3.68. The first kappa shape index (κ1) is 9.37. The first-order valence-corrected chi connectivity index (χ1v) is 3.68. The van der Waals surface area contributed by atoms with Crippen molar-refractivity contribution in [3.63, 3.8) is 0 Å². The number of esters is 1. The van der Waals surface area contributed by atoms with Crippen LogP contribution in [0.5, 0.6) is 0 Å². The van der Waals surface area contributed by atoms with Gasteiger partial charge in [-0.2, -0.15) is 0 Å². The van der Waals surface area contributed by atoms with Gasteiger partial charge in [0, 0.05) is 0 Å². The maximum absolute atomic E-state index is 10.7. The molecule has 0 fully saturated rings. The highest BCUT2D eigenvalue weighted by Crippen LogP contribution is 1.92. The number of aldehydes is 1. The Morgan fingerprint density at radius 1 is 1.77 bits per heavy atom. The third-order valence-electron chi connectivity index (χ3n) is 1.45. The van der Waals surface area contributed by atoms with Crippen LogP contribution in [0.1, 0.15) is 16.9 Å². The highest BCUT2D eigenvalue weighted by atomic mass is 16.5. The van der Waals surface area contributed by atoms with Crippen LogP contribution in [0.2, 0.25) is 0 Å². The number of nitrogens with zero attached hydrogens (tertiary/aromatic N) is 3. The topological polar surface area (TPSA) is 74.1 Å². The Morgan fingerprint density at radius 3 is 3.08 bits per heavy atom. The van der Waals surface area contributed by atoms with Crippen LogP contribution in [-0.4, -0.2) is 34.4 Å². The number of carbonyl (C=O) groups is 2. The quantitative estimate of drug-likeness (QED) is 0.471. The molecule has 0 aromatic carbocycles. The summed E-state index contributed by atoms with van der Waals surface area (Å²) < 4.78 is 5.85. The summed E-state index contributed by atoms with van der Waals surface area (Å²) in [6, 6.07) is 0. The molecule has 0 spiro atoms. The second-order valence-electron chi connectivity index (χ2n) is 2.35. The van der Waals surface area contributed by atoms with E-state index >= 15 is 0 Å². The molecule has 1 aromatic heterocycles. The van der Waals surface area contributed by atoms with Crippen LogP contribution in [0.15, 0.2) is 6.20 Å². The van der Waals surface area contributed by atoms with E-state index in [2.05, 4.69) is 15.0 Å². The lowest BCUT2D eigenvalue weighted by molar-refractivity contribution is -0.140. The van der Waals surface area contributed by atoms with Crippen molar-refractivity contribution in [1.29, 1.82) is 0 Å². The van der Waals surface area contributed by atoms with E-state index in [0.29, 0.717) is 12.8 Å². The SMILES string of the molecule is COC(=O)CCn1cc(C=O)nn1. The summed E-state index contributed by atoms with van der Waals surface area (Å²) in [6.07, 6.45) is 2.29. The summed E-state index contributed by atoms with van der Waals surface area (Å²) in [4.78, 5) is 20.9. The lowest BCUT2D eigenvalue weighted by atomic mass is 10.4. The number of rotatable bonds is 4. The minimum atomic E-state index is -0.317. The number of ether oxygens (including phenoxy) is 1. The van der Waals surface area contributed by atoms with Gasteiger partial charge in [-0.15, -0.1) is 5.10 Å². The van der Waals surface area contributed by atoms with Gasteiger partial charge in [0.2, 0.25) is 0 Å². The largest absolute Gasteiger partial charge is 0.469 e. The predicted octanol–water partition coefficient (Wildman–Crippen LogP) is -0.346. The van der Waals surface area contributed by atoms with Gasteiger partial charge in [-0.25, -0.2) is 0 Å². The summed E-state index contributed by atoms with van der Waals surface area (Å²) in [5.41, 5.74) is 0.255. The molecule has 6 nitrogen and oxygen atoms in total. The molecular formula is C7H9N3O3. The van der Waals surface area contributed by atoms with E-state index < -0.39 is 0 Å². The Bertz CT molecular complexity index is 308. The third-order valence-corrected chi connectivity index (χ3v) is 1.45. The van der Waals surface area contributed by atoms with Crippen molar-refractivity contribution in [2.24, 2.45) is 0 Å². The van der Waals surface area contributed by atoms with Crippen LogP contribution >= 0.6 is 0 Å². The second-order valence-corrected chi connectivity index (χ2v) is 2.35. The average molecular weight is 183 g/mol. The number of carbonyl (C=O) groups excluding carboxylic acids is 2. The zero-order valence-corrected chi connectivity index (χ0v) is 7.14. The zero-order chi connectivity index (χ0) is 9.68. The van der Waals surface area contributed by atoms with Crippen LogP contribution in [-0.2, 0) is 16.1 Å². The highest BCUT2D eigenvalue weighted by molar-refractivity contribution is 5.70. The Labute approximate surface area is 74.5 Å². The highest BCUT2D eigenvalue weighted by Gasteiger charge is 2.02. The smallest absolute Gasteiger partial charge is 0.307 e. The van der Waals surface area contributed by atoms with Gasteiger partial charge in [-0.1, -0.05) is 5.21 Å². The van der Waals surface area contributed by atoms with E-state index in [-0.39, 0.29) is 18.1 Å². The van der Waals surface area contributed by atoms with E-state index in [1.54, 1.807) is 0 Å². The summed E-state index contributed by atoms with van der Waals surface area (Å²) in [5.74, 6) is -0.317. The van der Waals surface area contributed by atoms with Gasteiger partial charge in [0.15, 0.2) is 6.29 Å². The minimum Gasteiger partial charge on any atom is -0.469 e. The molecule has 1 aromatic rings. The fraction of sp³-hybridized carbons (Fsp3) is 0.429. The van der Waals surface area contributed by atoms with E-state index in [1.165, 1.54) is 18.0 Å². The van der Waals surface area contributed by atoms with Crippen LogP contribution in [0.3, 0.4) is 0 Å². The molecule has 0 aliphatic rings. The summed E-state index contributed by atoms with van der Waals surface area (Å²) in [5, 5.41) is 7.15. The van der Waals surface area contributed by atoms with E-state index in [1.807, 2.05) is 0 Å². The molecule has 0 aliphatic carbocycles. The number of hydrogen-bond acceptors (Lipinski definition) is 5. The van der Waals surface area contributed by atoms with Gasteiger partial charge in [0.25, 0.3) is 0 Å². The number of hydrogen-bond donors (Lipinski definition) is 0. The Hall–Kier alpha value is -1.72. The standard InChI is InChI=1S/C7H9N3O3/c1-13-7(12)2-3-10-4-6(5-11)8-9-10/h4-5H,2-3H2,1H3. The van der Waals surface area contributed by atoms with Crippen molar-refractivity contribution in [3.8, 4) is 0 Å². The summed E-state index contributed by atoms with van der Waals surface area (Å²) >= 11 is 0. The molecule has 0 bridgehead atoms. The molecule has 0 radical (unpaired) electrons. The van der Waals surface area contributed by atoms with Crippen LogP contribution in [0.25, 0.3) is 0 Å². The van der Waals surface area contributed by atoms with Crippen molar-refractivity contribution in [3.05, 3.63) is 11.9 Å². The molecule has 0 unspecified atom stereocenters. The predicted molar refractivity (Wildman–Crippen MR) is 42.0 cm³/mol. The van der Waals surface area contributed by atoms with Gasteiger partial charge in [0.1, 0.15) is 5.69 Å². The number of aryl methyl sites for hydroxylation is 1. The molecule has 1 rings (SSSR count). The molecule has 13 heavy (non-hydrogen) atoms. The van der Waals surface area contributed by atoms with Crippen molar-refractivity contribution in [2.75, 3.05) is 7.11 Å². The fourth-order valence-electron chi connectivity index (χ4n) is 0.785. The lowest BCUT2D eigenvalue weighted by Crippen LogP contribution is -2.07. The molecule has 1 heterocycles. The van der Waals surface area contributed by atoms with Gasteiger partial charge in [-0.3, -0.25) is 14.3 Å². The van der Waals surface area contributed by atoms with Crippen LogP contribution in [0, 0.1) is 0 Å². The molecule has 70 valence electrons. The van der Waals surface area contributed by atoms with Gasteiger partial charge >= 0.3 is 5.97 Å². The maximum Gasteiger partial charge on any atom is 0.307 e. The molecule has 0 saturated heterocycles. The molecule has 0 saturated carbocycles. The van der Waals surface area contributed by atoms with Crippen molar-refractivity contribution in [1.82, 2.24) is 15.0 Å². The fourth-order valence-corrected chi connectivity index (χ4v) is 0.785. The van der Waals surface area contributed by atoms with E-state index in [9.17, 15) is 9.59 Å². The van der Waals surface area contributed by atoms with E-state index in [4.69, 9.17) is 0 Å². The van der Waals surface area contributed by atoms with Gasteiger partial charge in [0.05, 0.1) is 26.3 Å². The third kappa shape index (κ3) is 2.66. The number of aromatic nitrogens is 3. The maximum atomic E-state index is 10.7. The van der Waals surface area contributed by atoms with Crippen LogP contribution in [0.4, 0.5) is 0 Å². The van der Waals surface area contributed by atoms with Crippen molar-refractivity contribution >= 4 is 12.3 Å². The summed E-state index contributed by atoms with van der Waals surface area (Å²) in [7, 11) is 1.32. The van der Waals surface area contributed by atoms with Crippen molar-refractivity contribution in [2.45, 2.75) is 13.0 Å². The first-order chi connectivity index (χ1) is 6.26. The monoisotopic (exact) mass is 183 g/mol. The van der Waals surface area contributed by atoms with E-state index in [0.717, 1.165) is 0 Å². The zero-order valence-electron chi connectivity index (χ0n) is 7.14. The Morgan fingerprint density at radius 2 is 2.54 bits per heavy atom. The van der Waals surface area contributed by atoms with Gasteiger partial charge in [-0.05, 0) is 0 Å². The lowest BCUT2D eigenvalue weighted by Gasteiger charge is -1.97.